The normalized spacial score (nSPS) is 42.9. The highest BCUT2D eigenvalue weighted by atomic mass is 16.5. The Kier molecular flexibility index (Phi) is 6.82. The highest BCUT2D eigenvalue weighted by Crippen LogP contribution is 2.69. The molecule has 1 aliphatic heterocycles. The molecule has 2 aromatic rings. The largest absolute Gasteiger partial charge is 0.393 e. The summed E-state index contributed by atoms with van der Waals surface area (Å²) >= 11 is 0. The van der Waals surface area contributed by atoms with Crippen molar-refractivity contribution in [2.75, 3.05) is 0 Å². The number of hydrogen-bond acceptors (Lipinski definition) is 2. The van der Waals surface area contributed by atoms with Gasteiger partial charge in [-0.3, -0.25) is 0 Å². The number of fused-ring (bicyclic) bond motifs is 7. The van der Waals surface area contributed by atoms with Gasteiger partial charge in [0, 0.05) is 0 Å². The van der Waals surface area contributed by atoms with E-state index < -0.39 is 0 Å². The van der Waals surface area contributed by atoms with Crippen LogP contribution in [-0.2, 0) is 11.3 Å². The minimum atomic E-state index is -0.114. The number of rotatable bonds is 6. The first-order chi connectivity index (χ1) is 19.3. The van der Waals surface area contributed by atoms with E-state index in [4.69, 9.17) is 4.74 Å². The molecule has 0 amide bonds. The number of allylic oxidation sites excluding steroid dienone is 1. The average Bonchev–Trinajstić information content (AvgIpc) is 3.62. The Labute approximate surface area is 241 Å². The molecule has 4 aliphatic carbocycles. The van der Waals surface area contributed by atoms with E-state index in [1.165, 1.54) is 37.7 Å². The van der Waals surface area contributed by atoms with E-state index in [1.807, 2.05) is 0 Å². The van der Waals surface area contributed by atoms with E-state index in [2.05, 4.69) is 92.0 Å². The lowest BCUT2D eigenvalue weighted by Gasteiger charge is -2.58. The van der Waals surface area contributed by atoms with E-state index in [-0.39, 0.29) is 6.10 Å². The van der Waals surface area contributed by atoms with E-state index in [0.29, 0.717) is 40.9 Å². The predicted octanol–water partition coefficient (Wildman–Crippen LogP) is 7.12. The maximum atomic E-state index is 10.4. The molecule has 7 rings (SSSR count). The standard InChI is InChI=1S/C36H51N2O2/c1-24(38-19-18-37(23-38)22-26-8-6-5-7-9-26)10-13-32-25(2)34-33(40-32)21-31-29-12-11-27-20-28(39)14-16-35(27,3)30(29)15-17-36(31,34)4/h5-9,11,18-19,23-25,28-34,39H,10,12-17,20-22H2,1-4H3/q+1/t24-,25?,28?,29-,30+,31+,32-,33?,34?,35+,36+/m1/s1. The van der Waals surface area contributed by atoms with Crippen molar-refractivity contribution in [3.63, 3.8) is 0 Å². The van der Waals surface area contributed by atoms with Gasteiger partial charge >= 0.3 is 0 Å². The summed E-state index contributed by atoms with van der Waals surface area (Å²) in [5, 5.41) is 10.4. The highest BCUT2D eigenvalue weighted by Gasteiger charge is 2.64. The van der Waals surface area contributed by atoms with Crippen molar-refractivity contribution < 1.29 is 14.4 Å². The number of aliphatic hydroxyl groups is 1. The Morgan fingerprint density at radius 3 is 2.77 bits per heavy atom. The van der Waals surface area contributed by atoms with Crippen molar-refractivity contribution in [1.82, 2.24) is 4.57 Å². The first-order valence-corrected chi connectivity index (χ1v) is 16.4. The number of benzene rings is 1. The molecule has 4 unspecified atom stereocenters. The molecular formula is C36H51N2O2+. The van der Waals surface area contributed by atoms with Crippen molar-refractivity contribution in [3.8, 4) is 0 Å². The van der Waals surface area contributed by atoms with Gasteiger partial charge in [-0.25, -0.2) is 9.13 Å². The van der Waals surface area contributed by atoms with Gasteiger partial charge in [0.1, 0.15) is 18.9 Å². The SMILES string of the molecule is CC1C2C(C[C@H]3[C@@H]4CC=C5CC(O)CC[C@]5(C)[C@H]4CC[C@]23C)O[C@@H]1CC[C@@H](C)n1cc[n+](Cc2ccccc2)c1. The molecule has 216 valence electrons. The molecule has 4 heteroatoms. The number of aromatic nitrogens is 2. The van der Waals surface area contributed by atoms with Crippen LogP contribution < -0.4 is 4.57 Å². The molecule has 3 saturated carbocycles. The molecule has 0 bridgehead atoms. The zero-order chi connectivity index (χ0) is 27.6. The topological polar surface area (TPSA) is 38.3 Å². The first-order valence-electron chi connectivity index (χ1n) is 16.4. The maximum Gasteiger partial charge on any atom is 0.244 e. The minimum absolute atomic E-state index is 0.114. The zero-order valence-electron chi connectivity index (χ0n) is 25.2. The minimum Gasteiger partial charge on any atom is -0.393 e. The maximum absolute atomic E-state index is 10.4. The summed E-state index contributed by atoms with van der Waals surface area (Å²) in [5.74, 6) is 3.76. The summed E-state index contributed by atoms with van der Waals surface area (Å²) < 4.78 is 11.7. The third-order valence-corrected chi connectivity index (χ3v) is 13.0. The van der Waals surface area contributed by atoms with Crippen molar-refractivity contribution >= 4 is 0 Å². The number of imidazole rings is 1. The second-order valence-corrected chi connectivity index (χ2v) is 15.0. The van der Waals surface area contributed by atoms with Crippen LogP contribution >= 0.6 is 0 Å². The predicted molar refractivity (Wildman–Crippen MR) is 159 cm³/mol. The smallest absolute Gasteiger partial charge is 0.244 e. The van der Waals surface area contributed by atoms with Crippen LogP contribution in [0.5, 0.6) is 0 Å². The summed E-state index contributed by atoms with van der Waals surface area (Å²) in [4.78, 5) is 0. The molecule has 4 nitrogen and oxygen atoms in total. The van der Waals surface area contributed by atoms with Crippen molar-refractivity contribution in [3.05, 3.63) is 66.3 Å². The first kappa shape index (κ1) is 27.0. The summed E-state index contributed by atoms with van der Waals surface area (Å²) in [6.07, 6.45) is 20.7. The van der Waals surface area contributed by atoms with Crippen LogP contribution in [0.2, 0.25) is 0 Å². The molecule has 0 radical (unpaired) electrons. The lowest BCUT2D eigenvalue weighted by Crippen LogP contribution is -2.51. The summed E-state index contributed by atoms with van der Waals surface area (Å²) in [6.45, 7) is 11.0. The fourth-order valence-electron chi connectivity index (χ4n) is 10.8. The molecule has 2 heterocycles. The van der Waals surface area contributed by atoms with Crippen LogP contribution in [0.15, 0.2) is 60.7 Å². The van der Waals surface area contributed by atoms with Crippen LogP contribution in [0.3, 0.4) is 0 Å². The van der Waals surface area contributed by atoms with Crippen molar-refractivity contribution in [1.29, 1.82) is 0 Å². The van der Waals surface area contributed by atoms with Gasteiger partial charge in [0.2, 0.25) is 6.33 Å². The van der Waals surface area contributed by atoms with Gasteiger partial charge in [-0.1, -0.05) is 62.8 Å². The Bertz CT molecular complexity index is 1240. The lowest BCUT2D eigenvalue weighted by atomic mass is 9.47. The Morgan fingerprint density at radius 2 is 1.95 bits per heavy atom. The number of nitrogens with zero attached hydrogens (tertiary/aromatic N) is 2. The Morgan fingerprint density at radius 1 is 1.12 bits per heavy atom. The third kappa shape index (κ3) is 4.35. The van der Waals surface area contributed by atoms with Crippen LogP contribution in [0, 0.1) is 40.4 Å². The summed E-state index contributed by atoms with van der Waals surface area (Å²) in [7, 11) is 0. The fraction of sp³-hybridized carbons (Fsp3) is 0.694. The molecule has 11 atom stereocenters. The van der Waals surface area contributed by atoms with E-state index in [9.17, 15) is 5.11 Å². The van der Waals surface area contributed by atoms with Crippen LogP contribution in [0.25, 0.3) is 0 Å². The monoisotopic (exact) mass is 543 g/mol. The van der Waals surface area contributed by atoms with Crippen LogP contribution in [0.4, 0.5) is 0 Å². The molecule has 40 heavy (non-hydrogen) atoms. The number of ether oxygens (including phenoxy) is 1. The van der Waals surface area contributed by atoms with Crippen LogP contribution in [-0.4, -0.2) is 28.0 Å². The van der Waals surface area contributed by atoms with Gasteiger partial charge in [-0.15, -0.1) is 0 Å². The van der Waals surface area contributed by atoms with Gasteiger partial charge < -0.3 is 9.84 Å². The third-order valence-electron chi connectivity index (χ3n) is 13.0. The van der Waals surface area contributed by atoms with Crippen molar-refractivity contribution in [2.45, 2.75) is 116 Å². The van der Waals surface area contributed by atoms with Crippen molar-refractivity contribution in [2.24, 2.45) is 40.4 Å². The van der Waals surface area contributed by atoms with Gasteiger partial charge in [-0.05, 0) is 111 Å². The van der Waals surface area contributed by atoms with Crippen LogP contribution in [0.1, 0.15) is 97.1 Å². The lowest BCUT2D eigenvalue weighted by molar-refractivity contribution is -0.688. The second kappa shape index (κ2) is 10.1. The summed E-state index contributed by atoms with van der Waals surface area (Å²) in [5.41, 5.74) is 3.67. The highest BCUT2D eigenvalue weighted by molar-refractivity contribution is 5.26. The van der Waals surface area contributed by atoms with E-state index in [0.717, 1.165) is 50.0 Å². The zero-order valence-corrected chi connectivity index (χ0v) is 25.2. The van der Waals surface area contributed by atoms with E-state index >= 15 is 0 Å². The average molecular weight is 544 g/mol. The molecule has 4 fully saturated rings. The van der Waals surface area contributed by atoms with Gasteiger partial charge in [0.15, 0.2) is 0 Å². The van der Waals surface area contributed by atoms with Gasteiger partial charge in [0.05, 0.1) is 24.4 Å². The number of hydrogen-bond donors (Lipinski definition) is 1. The molecule has 5 aliphatic rings. The fourth-order valence-corrected chi connectivity index (χ4v) is 10.8. The second-order valence-electron chi connectivity index (χ2n) is 15.0. The number of aliphatic hydroxyl groups excluding tert-OH is 1. The Hall–Kier alpha value is -1.91. The van der Waals surface area contributed by atoms with Gasteiger partial charge in [0.25, 0.3) is 0 Å². The quantitative estimate of drug-likeness (QED) is 0.311. The van der Waals surface area contributed by atoms with Gasteiger partial charge in [-0.2, -0.15) is 0 Å². The van der Waals surface area contributed by atoms with E-state index in [1.54, 1.807) is 5.57 Å². The molecule has 1 aromatic carbocycles. The molecule has 1 N–H and O–H groups in total. The molecule has 1 saturated heterocycles. The molecule has 1 aromatic heterocycles. The molecule has 0 spiro atoms. The Balaban J connectivity index is 0.991. The molecular weight excluding hydrogens is 492 g/mol. The summed E-state index contributed by atoms with van der Waals surface area (Å²) in [6, 6.07) is 11.2.